The van der Waals surface area contributed by atoms with E-state index >= 15 is 0 Å². The monoisotopic (exact) mass is 323 g/mol. The first-order valence-corrected chi connectivity index (χ1v) is 7.57. The van der Waals surface area contributed by atoms with Crippen molar-refractivity contribution in [3.63, 3.8) is 0 Å². The highest BCUT2D eigenvalue weighted by Crippen LogP contribution is 2.29. The topological polar surface area (TPSA) is 45.2 Å². The van der Waals surface area contributed by atoms with Crippen molar-refractivity contribution >= 4 is 21.8 Å². The molecule has 102 valence electrons. The number of nitrogens with one attached hydrogen (secondary N) is 1. The smallest absolute Gasteiger partial charge is 0.272 e. The number of halogens is 1. The fourth-order valence-electron chi connectivity index (χ4n) is 3.19. The van der Waals surface area contributed by atoms with Crippen LogP contribution in [0, 0.1) is 0 Å². The van der Waals surface area contributed by atoms with E-state index in [1.54, 1.807) is 12.3 Å². The molecule has 0 saturated carbocycles. The van der Waals surface area contributed by atoms with Crippen molar-refractivity contribution in [1.82, 2.24) is 15.2 Å². The van der Waals surface area contributed by atoms with Crippen molar-refractivity contribution < 1.29 is 4.79 Å². The van der Waals surface area contributed by atoms with Crippen molar-refractivity contribution in [1.29, 1.82) is 0 Å². The Kier molecular flexibility index (Phi) is 3.58. The maximum Gasteiger partial charge on any atom is 0.272 e. The molecule has 2 aliphatic heterocycles. The van der Waals surface area contributed by atoms with Gasteiger partial charge in [-0.25, -0.2) is 4.98 Å². The van der Waals surface area contributed by atoms with Gasteiger partial charge in [0.05, 0.1) is 0 Å². The minimum Gasteiger partial charge on any atom is -0.337 e. The molecular formula is C14H18BrN3O. The third-order valence-corrected chi connectivity index (χ3v) is 4.73. The molecule has 2 unspecified atom stereocenters. The summed E-state index contributed by atoms with van der Waals surface area (Å²) in [6.45, 7) is 0. The number of piperidine rings is 1. The van der Waals surface area contributed by atoms with Crippen LogP contribution >= 0.6 is 15.9 Å². The van der Waals surface area contributed by atoms with Gasteiger partial charge in [0.2, 0.25) is 0 Å². The zero-order chi connectivity index (χ0) is 13.4. The first-order chi connectivity index (χ1) is 9.13. The molecule has 0 aromatic carbocycles. The maximum absolute atomic E-state index is 12.4. The largest absolute Gasteiger partial charge is 0.337 e. The quantitative estimate of drug-likeness (QED) is 0.907. The molecule has 3 rings (SSSR count). The van der Waals surface area contributed by atoms with Gasteiger partial charge in [0, 0.05) is 35.8 Å². The Bertz CT molecular complexity index is 464. The minimum absolute atomic E-state index is 0.0267. The SMILES string of the molecule is CN(C(=O)c1ccc(Br)cn1)C1CC2CCC(C1)N2. The van der Waals surface area contributed by atoms with E-state index in [1.807, 2.05) is 18.0 Å². The summed E-state index contributed by atoms with van der Waals surface area (Å²) in [6.07, 6.45) is 6.30. The van der Waals surface area contributed by atoms with E-state index in [-0.39, 0.29) is 5.91 Å². The highest BCUT2D eigenvalue weighted by molar-refractivity contribution is 9.10. The van der Waals surface area contributed by atoms with Gasteiger partial charge in [-0.1, -0.05) is 0 Å². The Morgan fingerprint density at radius 1 is 1.37 bits per heavy atom. The number of rotatable bonds is 2. The minimum atomic E-state index is 0.0267. The molecule has 2 atom stereocenters. The second-order valence-corrected chi connectivity index (χ2v) is 6.46. The number of hydrogen-bond donors (Lipinski definition) is 1. The molecule has 2 fully saturated rings. The number of carbonyl (C=O) groups is 1. The van der Waals surface area contributed by atoms with Crippen LogP contribution in [0.2, 0.25) is 0 Å². The predicted octanol–water partition coefficient (Wildman–Crippen LogP) is 2.20. The zero-order valence-electron chi connectivity index (χ0n) is 11.0. The van der Waals surface area contributed by atoms with Crippen molar-refractivity contribution in [2.45, 2.75) is 43.8 Å². The van der Waals surface area contributed by atoms with Gasteiger partial charge in [0.25, 0.3) is 5.91 Å². The molecule has 19 heavy (non-hydrogen) atoms. The van der Waals surface area contributed by atoms with Gasteiger partial charge in [0.1, 0.15) is 5.69 Å². The van der Waals surface area contributed by atoms with Gasteiger partial charge >= 0.3 is 0 Å². The first-order valence-electron chi connectivity index (χ1n) is 6.78. The van der Waals surface area contributed by atoms with Crippen LogP contribution in [0.4, 0.5) is 0 Å². The lowest BCUT2D eigenvalue weighted by Gasteiger charge is -2.35. The third-order valence-electron chi connectivity index (χ3n) is 4.26. The lowest BCUT2D eigenvalue weighted by atomic mass is 9.98. The molecule has 5 heteroatoms. The van der Waals surface area contributed by atoms with E-state index in [1.165, 1.54) is 12.8 Å². The third kappa shape index (κ3) is 2.67. The van der Waals surface area contributed by atoms with Crippen molar-refractivity contribution in [3.05, 3.63) is 28.5 Å². The van der Waals surface area contributed by atoms with Gasteiger partial charge < -0.3 is 10.2 Å². The number of amides is 1. The van der Waals surface area contributed by atoms with E-state index < -0.39 is 0 Å². The van der Waals surface area contributed by atoms with Gasteiger partial charge in [0.15, 0.2) is 0 Å². The summed E-state index contributed by atoms with van der Waals surface area (Å²) in [5.74, 6) is 0.0267. The highest BCUT2D eigenvalue weighted by Gasteiger charge is 2.36. The van der Waals surface area contributed by atoms with Crippen LogP contribution in [0.25, 0.3) is 0 Å². The molecule has 4 nitrogen and oxygen atoms in total. The van der Waals surface area contributed by atoms with Crippen LogP contribution in [0.15, 0.2) is 22.8 Å². The fraction of sp³-hybridized carbons (Fsp3) is 0.571. The predicted molar refractivity (Wildman–Crippen MR) is 77.0 cm³/mol. The van der Waals surface area contributed by atoms with Crippen LogP contribution in [0.1, 0.15) is 36.2 Å². The van der Waals surface area contributed by atoms with E-state index in [2.05, 4.69) is 26.2 Å². The standard InChI is InChI=1S/C14H18BrN3O/c1-18(12-6-10-3-4-11(7-12)17-10)14(19)13-5-2-9(15)8-16-13/h2,5,8,10-12,17H,3-4,6-7H2,1H3. The van der Waals surface area contributed by atoms with Crippen LogP contribution in [-0.2, 0) is 0 Å². The number of fused-ring (bicyclic) bond motifs is 2. The zero-order valence-corrected chi connectivity index (χ0v) is 12.6. The Balaban J connectivity index is 1.71. The first kappa shape index (κ1) is 13.1. The summed E-state index contributed by atoms with van der Waals surface area (Å²) in [5.41, 5.74) is 0.525. The number of aromatic nitrogens is 1. The Morgan fingerprint density at radius 3 is 2.63 bits per heavy atom. The fourth-order valence-corrected chi connectivity index (χ4v) is 3.43. The van der Waals surface area contributed by atoms with E-state index in [0.29, 0.717) is 23.8 Å². The molecule has 0 radical (unpaired) electrons. The van der Waals surface area contributed by atoms with Crippen molar-refractivity contribution in [2.75, 3.05) is 7.05 Å². The normalized spacial score (nSPS) is 29.3. The van der Waals surface area contributed by atoms with Gasteiger partial charge in [-0.2, -0.15) is 0 Å². The van der Waals surface area contributed by atoms with E-state index in [0.717, 1.165) is 17.3 Å². The Morgan fingerprint density at radius 2 is 2.05 bits per heavy atom. The summed E-state index contributed by atoms with van der Waals surface area (Å²) >= 11 is 3.34. The Labute approximate surface area is 121 Å². The molecular weight excluding hydrogens is 306 g/mol. The van der Waals surface area contributed by atoms with E-state index in [9.17, 15) is 4.79 Å². The van der Waals surface area contributed by atoms with Crippen LogP contribution in [-0.4, -0.2) is 41.0 Å². The molecule has 0 spiro atoms. The molecule has 1 aromatic rings. The summed E-state index contributed by atoms with van der Waals surface area (Å²) < 4.78 is 0.895. The number of hydrogen-bond acceptors (Lipinski definition) is 3. The van der Waals surface area contributed by atoms with Crippen LogP contribution in [0.3, 0.4) is 0 Å². The molecule has 2 aliphatic rings. The summed E-state index contributed by atoms with van der Waals surface area (Å²) in [6, 6.07) is 5.17. The Hall–Kier alpha value is -0.940. The second-order valence-electron chi connectivity index (χ2n) is 5.54. The molecule has 1 N–H and O–H groups in total. The van der Waals surface area contributed by atoms with Crippen LogP contribution < -0.4 is 5.32 Å². The molecule has 0 aliphatic carbocycles. The number of nitrogens with zero attached hydrogens (tertiary/aromatic N) is 2. The lowest BCUT2D eigenvalue weighted by Crippen LogP contribution is -2.48. The van der Waals surface area contributed by atoms with Gasteiger partial charge in [-0.15, -0.1) is 0 Å². The summed E-state index contributed by atoms with van der Waals surface area (Å²) in [4.78, 5) is 18.5. The molecule has 3 heterocycles. The second kappa shape index (κ2) is 5.21. The summed E-state index contributed by atoms with van der Waals surface area (Å²) in [7, 11) is 1.90. The number of carbonyl (C=O) groups excluding carboxylic acids is 1. The van der Waals surface area contributed by atoms with Crippen LogP contribution in [0.5, 0.6) is 0 Å². The summed E-state index contributed by atoms with van der Waals surface area (Å²) in [5, 5.41) is 3.60. The maximum atomic E-state index is 12.4. The van der Waals surface area contributed by atoms with Crippen molar-refractivity contribution in [3.8, 4) is 0 Å². The number of pyridine rings is 1. The highest BCUT2D eigenvalue weighted by atomic mass is 79.9. The molecule has 2 saturated heterocycles. The molecule has 1 aromatic heterocycles. The van der Waals surface area contributed by atoms with Gasteiger partial charge in [-0.3, -0.25) is 4.79 Å². The lowest BCUT2D eigenvalue weighted by molar-refractivity contribution is 0.0675. The van der Waals surface area contributed by atoms with Gasteiger partial charge in [-0.05, 0) is 53.7 Å². The van der Waals surface area contributed by atoms with Crippen molar-refractivity contribution in [2.24, 2.45) is 0 Å². The average Bonchev–Trinajstić information content (AvgIpc) is 2.76. The molecule has 1 amide bonds. The molecule has 2 bridgehead atoms. The average molecular weight is 324 g/mol. The van der Waals surface area contributed by atoms with E-state index in [4.69, 9.17) is 0 Å².